The molecule has 1 aliphatic rings. The van der Waals surface area contributed by atoms with Crippen LogP contribution in [0.15, 0.2) is 51.6 Å². The van der Waals surface area contributed by atoms with E-state index in [1.165, 1.54) is 25.4 Å². The highest BCUT2D eigenvalue weighted by molar-refractivity contribution is 9.10. The van der Waals surface area contributed by atoms with Crippen molar-refractivity contribution in [2.24, 2.45) is 0 Å². The summed E-state index contributed by atoms with van der Waals surface area (Å²) in [7, 11) is 1.53. The Morgan fingerprint density at radius 3 is 2.64 bits per heavy atom. The van der Waals surface area contributed by atoms with Gasteiger partial charge >= 0.3 is 6.18 Å². The van der Waals surface area contributed by atoms with Crippen molar-refractivity contribution < 1.29 is 31.6 Å². The molecule has 186 valence electrons. The summed E-state index contributed by atoms with van der Waals surface area (Å²) in [5, 5.41) is 5.86. The number of nitrogens with zero attached hydrogens (tertiary/aromatic N) is 3. The minimum atomic E-state index is -4.46. The largest absolute Gasteiger partial charge is 0.495 e. The van der Waals surface area contributed by atoms with Crippen LogP contribution in [-0.2, 0) is 16.6 Å². The van der Waals surface area contributed by atoms with Gasteiger partial charge in [-0.3, -0.25) is 9.78 Å². The van der Waals surface area contributed by atoms with Gasteiger partial charge < -0.3 is 14.6 Å². The molecule has 0 radical (unpaired) electrons. The van der Waals surface area contributed by atoms with Gasteiger partial charge in [0.15, 0.2) is 11.6 Å². The standard InChI is InChI=1S/C24H17BrF4N4O3/c1-35-19-9-17-16(8-14(19)25)30-11-18(31-17)13-3-2-12(15(26)6-13)7-22(34)32-21-10-20(36-33-21)23(4-5-23)24(27,28)29/h2-3,6,8-11H,4-5,7H2,1H3,(H,32,33,34). The topological polar surface area (TPSA) is 90.1 Å². The molecule has 0 spiro atoms. The van der Waals surface area contributed by atoms with Gasteiger partial charge in [0.2, 0.25) is 5.91 Å². The molecule has 7 nitrogen and oxygen atoms in total. The van der Waals surface area contributed by atoms with Crippen molar-refractivity contribution in [3.63, 3.8) is 0 Å². The fourth-order valence-corrected chi connectivity index (χ4v) is 4.37. The average Bonchev–Trinajstić information content (AvgIpc) is 3.53. The Morgan fingerprint density at radius 1 is 1.19 bits per heavy atom. The van der Waals surface area contributed by atoms with E-state index in [-0.39, 0.29) is 36.4 Å². The summed E-state index contributed by atoms with van der Waals surface area (Å²) in [6.07, 6.45) is -3.49. The number of methoxy groups -OCH3 is 1. The Hall–Kier alpha value is -3.54. The fraction of sp³-hybridized carbons (Fsp3) is 0.250. The number of hydrogen-bond acceptors (Lipinski definition) is 6. The van der Waals surface area contributed by atoms with E-state index in [4.69, 9.17) is 9.26 Å². The molecular weight excluding hydrogens is 548 g/mol. The first-order chi connectivity index (χ1) is 17.1. The van der Waals surface area contributed by atoms with Crippen molar-refractivity contribution in [2.45, 2.75) is 30.9 Å². The number of nitrogens with one attached hydrogen (secondary N) is 1. The summed E-state index contributed by atoms with van der Waals surface area (Å²) in [5.41, 5.74) is 0.110. The van der Waals surface area contributed by atoms with E-state index < -0.39 is 23.3 Å². The van der Waals surface area contributed by atoms with Crippen LogP contribution in [0.3, 0.4) is 0 Å². The van der Waals surface area contributed by atoms with Gasteiger partial charge in [-0.25, -0.2) is 9.37 Å². The molecule has 1 saturated carbocycles. The summed E-state index contributed by atoms with van der Waals surface area (Å²) in [6, 6.07) is 8.81. The lowest BCUT2D eigenvalue weighted by Gasteiger charge is -2.14. The lowest BCUT2D eigenvalue weighted by atomic mass is 10.0. The number of amides is 1. The first kappa shape index (κ1) is 24.2. The third-order valence-electron chi connectivity index (χ3n) is 6.06. The van der Waals surface area contributed by atoms with Crippen LogP contribution in [0.2, 0.25) is 0 Å². The van der Waals surface area contributed by atoms with Gasteiger partial charge in [0, 0.05) is 17.7 Å². The second-order valence-corrected chi connectivity index (χ2v) is 9.27. The monoisotopic (exact) mass is 564 g/mol. The Kier molecular flexibility index (Phi) is 5.93. The van der Waals surface area contributed by atoms with E-state index in [1.54, 1.807) is 18.2 Å². The van der Waals surface area contributed by atoms with Crippen LogP contribution in [0.25, 0.3) is 22.3 Å². The number of aromatic nitrogens is 3. The number of benzene rings is 2. The number of carbonyl (C=O) groups excluding carboxylic acids is 1. The van der Waals surface area contributed by atoms with Crippen LogP contribution in [0.4, 0.5) is 23.4 Å². The summed E-state index contributed by atoms with van der Waals surface area (Å²) in [4.78, 5) is 21.3. The zero-order valence-electron chi connectivity index (χ0n) is 18.6. The van der Waals surface area contributed by atoms with Crippen LogP contribution in [-0.4, -0.2) is 34.3 Å². The van der Waals surface area contributed by atoms with Crippen molar-refractivity contribution in [3.05, 3.63) is 64.2 Å². The van der Waals surface area contributed by atoms with Crippen LogP contribution in [0, 0.1) is 5.82 Å². The lowest BCUT2D eigenvalue weighted by Crippen LogP contribution is -2.28. The second kappa shape index (κ2) is 8.84. The molecule has 12 heteroatoms. The van der Waals surface area contributed by atoms with Gasteiger partial charge in [-0.15, -0.1) is 0 Å². The molecule has 0 aliphatic heterocycles. The van der Waals surface area contributed by atoms with Crippen molar-refractivity contribution in [1.29, 1.82) is 0 Å². The van der Waals surface area contributed by atoms with E-state index in [9.17, 15) is 22.4 Å². The molecule has 2 aromatic heterocycles. The molecule has 0 bridgehead atoms. The predicted octanol–water partition coefficient (Wildman–Crippen LogP) is 5.97. The van der Waals surface area contributed by atoms with E-state index in [2.05, 4.69) is 36.4 Å². The molecular formula is C24H17BrF4N4O3. The molecule has 1 amide bonds. The number of ether oxygens (including phenoxy) is 1. The van der Waals surface area contributed by atoms with Gasteiger partial charge in [-0.05, 0) is 46.5 Å². The molecule has 5 rings (SSSR count). The van der Waals surface area contributed by atoms with Gasteiger partial charge in [-0.1, -0.05) is 17.3 Å². The maximum atomic E-state index is 14.8. The predicted molar refractivity (Wildman–Crippen MR) is 125 cm³/mol. The molecule has 4 aromatic rings. The van der Waals surface area contributed by atoms with Crippen molar-refractivity contribution in [3.8, 4) is 17.0 Å². The minimum absolute atomic E-state index is 0.0910. The lowest BCUT2D eigenvalue weighted by molar-refractivity contribution is -0.165. The van der Waals surface area contributed by atoms with Gasteiger partial charge in [0.1, 0.15) is 17.0 Å². The molecule has 0 unspecified atom stereocenters. The summed E-state index contributed by atoms with van der Waals surface area (Å²) in [5.74, 6) is -1.22. The molecule has 1 fully saturated rings. The second-order valence-electron chi connectivity index (χ2n) is 8.42. The zero-order chi connectivity index (χ0) is 25.7. The van der Waals surface area contributed by atoms with Gasteiger partial charge in [-0.2, -0.15) is 13.2 Å². The van der Waals surface area contributed by atoms with E-state index in [1.807, 2.05) is 0 Å². The molecule has 1 aliphatic carbocycles. The number of halogens is 5. The van der Waals surface area contributed by atoms with Gasteiger partial charge in [0.25, 0.3) is 0 Å². The SMILES string of the molecule is COc1cc2nc(-c3ccc(CC(=O)Nc4cc(C5(C(F)(F)F)CC5)on4)c(F)c3)cnc2cc1Br. The third-order valence-corrected chi connectivity index (χ3v) is 6.68. The minimum Gasteiger partial charge on any atom is -0.495 e. The van der Waals surface area contributed by atoms with Crippen molar-refractivity contribution in [2.75, 3.05) is 12.4 Å². The number of rotatable bonds is 6. The molecule has 1 N–H and O–H groups in total. The maximum absolute atomic E-state index is 14.8. The molecule has 0 atom stereocenters. The molecule has 2 heterocycles. The first-order valence-corrected chi connectivity index (χ1v) is 11.5. The first-order valence-electron chi connectivity index (χ1n) is 10.7. The summed E-state index contributed by atoms with van der Waals surface area (Å²) < 4.78 is 65.3. The Morgan fingerprint density at radius 2 is 1.97 bits per heavy atom. The number of fused-ring (bicyclic) bond motifs is 1. The fourth-order valence-electron chi connectivity index (χ4n) is 3.87. The van der Waals surface area contributed by atoms with Crippen LogP contribution >= 0.6 is 15.9 Å². The Bertz CT molecular complexity index is 1480. The number of carbonyl (C=O) groups is 1. The quantitative estimate of drug-likeness (QED) is 0.290. The number of alkyl halides is 3. The smallest absolute Gasteiger partial charge is 0.401 e. The number of anilines is 1. The van der Waals surface area contributed by atoms with Crippen LogP contribution < -0.4 is 10.1 Å². The highest BCUT2D eigenvalue weighted by Crippen LogP contribution is 2.59. The van der Waals surface area contributed by atoms with Crippen molar-refractivity contribution >= 4 is 38.7 Å². The number of hydrogen-bond donors (Lipinski definition) is 1. The summed E-state index contributed by atoms with van der Waals surface area (Å²) in [6.45, 7) is 0. The van der Waals surface area contributed by atoms with Gasteiger partial charge in [0.05, 0.1) is 40.9 Å². The van der Waals surface area contributed by atoms with E-state index in [0.29, 0.717) is 28.0 Å². The van der Waals surface area contributed by atoms with Crippen LogP contribution in [0.1, 0.15) is 24.2 Å². The highest BCUT2D eigenvalue weighted by Gasteiger charge is 2.66. The maximum Gasteiger partial charge on any atom is 0.401 e. The Labute approximate surface area is 210 Å². The normalized spacial score (nSPS) is 14.6. The van der Waals surface area contributed by atoms with E-state index >= 15 is 0 Å². The third kappa shape index (κ3) is 4.41. The molecule has 36 heavy (non-hydrogen) atoms. The van der Waals surface area contributed by atoms with E-state index in [0.717, 1.165) is 10.5 Å². The average molecular weight is 565 g/mol. The zero-order valence-corrected chi connectivity index (χ0v) is 20.2. The Balaban J connectivity index is 1.30. The van der Waals surface area contributed by atoms with Crippen molar-refractivity contribution in [1.82, 2.24) is 15.1 Å². The molecule has 2 aromatic carbocycles. The highest BCUT2D eigenvalue weighted by atomic mass is 79.9. The van der Waals surface area contributed by atoms with Crippen LogP contribution in [0.5, 0.6) is 5.75 Å². The molecule has 0 saturated heterocycles. The summed E-state index contributed by atoms with van der Waals surface area (Å²) >= 11 is 3.39.